The molecule has 20 heavy (non-hydrogen) atoms. The van der Waals surface area contributed by atoms with E-state index >= 15 is 0 Å². The Kier molecular flexibility index (Phi) is 4.69. The number of aryl methyl sites for hydroxylation is 1. The topological polar surface area (TPSA) is 84.0 Å². The van der Waals surface area contributed by atoms with Crippen molar-refractivity contribution in [2.75, 3.05) is 11.9 Å². The quantitative estimate of drug-likeness (QED) is 0.849. The molecule has 0 fully saturated rings. The summed E-state index contributed by atoms with van der Waals surface area (Å²) >= 11 is 1.47. The largest absolute Gasteiger partial charge is 0.370 e. The van der Waals surface area contributed by atoms with E-state index in [4.69, 9.17) is 0 Å². The molecule has 0 atom stereocenters. The van der Waals surface area contributed by atoms with Gasteiger partial charge in [-0.25, -0.2) is 23.1 Å². The third-order valence-corrected chi connectivity index (χ3v) is 4.79. The zero-order chi connectivity index (χ0) is 14.6. The molecule has 0 aliphatic carbocycles. The van der Waals surface area contributed by atoms with Gasteiger partial charge in [-0.2, -0.15) is 0 Å². The zero-order valence-electron chi connectivity index (χ0n) is 11.3. The van der Waals surface area contributed by atoms with Crippen LogP contribution in [0.25, 0.3) is 0 Å². The van der Waals surface area contributed by atoms with E-state index in [2.05, 4.69) is 20.0 Å². The van der Waals surface area contributed by atoms with Gasteiger partial charge in [0.2, 0.25) is 10.0 Å². The number of aromatic nitrogens is 2. The van der Waals surface area contributed by atoms with Crippen LogP contribution in [0.4, 0.5) is 5.82 Å². The van der Waals surface area contributed by atoms with Gasteiger partial charge in [0.25, 0.3) is 0 Å². The normalized spacial score (nSPS) is 11.5. The van der Waals surface area contributed by atoms with Crippen LogP contribution in [0, 0.1) is 6.92 Å². The van der Waals surface area contributed by atoms with E-state index in [1.807, 2.05) is 13.8 Å². The van der Waals surface area contributed by atoms with Crippen molar-refractivity contribution < 1.29 is 8.42 Å². The molecule has 0 unspecified atom stereocenters. The summed E-state index contributed by atoms with van der Waals surface area (Å²) in [6.07, 6.45) is 3.06. The van der Waals surface area contributed by atoms with Crippen LogP contribution >= 0.6 is 11.3 Å². The molecule has 2 rings (SSSR count). The Balaban J connectivity index is 2.05. The zero-order valence-corrected chi connectivity index (χ0v) is 12.9. The van der Waals surface area contributed by atoms with Gasteiger partial charge in [-0.05, 0) is 26.0 Å². The molecular weight excluding hydrogens is 296 g/mol. The minimum atomic E-state index is -3.55. The first-order valence-corrected chi connectivity index (χ1v) is 8.42. The molecule has 0 aliphatic rings. The Morgan fingerprint density at radius 3 is 2.60 bits per heavy atom. The highest BCUT2D eigenvalue weighted by Crippen LogP contribution is 2.14. The lowest BCUT2D eigenvalue weighted by molar-refractivity contribution is 0.580. The standard InChI is InChI=1S/C12H16N4O2S2/c1-3-13-11-5-4-10(7-14-11)20(17,18)16-8-12-15-6-9(2)19-12/h4-7,16H,3,8H2,1-2H3,(H,13,14). The molecule has 0 amide bonds. The Morgan fingerprint density at radius 1 is 1.25 bits per heavy atom. The summed E-state index contributed by atoms with van der Waals surface area (Å²) in [5, 5.41) is 3.75. The number of pyridine rings is 1. The number of nitrogens with one attached hydrogen (secondary N) is 2. The summed E-state index contributed by atoms with van der Waals surface area (Å²) in [6.45, 7) is 4.81. The first-order valence-electron chi connectivity index (χ1n) is 6.12. The molecule has 0 saturated heterocycles. The molecule has 0 bridgehead atoms. The van der Waals surface area contributed by atoms with Crippen molar-refractivity contribution in [3.63, 3.8) is 0 Å². The van der Waals surface area contributed by atoms with Crippen molar-refractivity contribution in [3.05, 3.63) is 34.4 Å². The van der Waals surface area contributed by atoms with Crippen molar-refractivity contribution in [1.82, 2.24) is 14.7 Å². The lowest BCUT2D eigenvalue weighted by Crippen LogP contribution is -2.23. The van der Waals surface area contributed by atoms with E-state index in [1.54, 1.807) is 12.3 Å². The molecule has 0 aliphatic heterocycles. The highest BCUT2D eigenvalue weighted by atomic mass is 32.2. The minimum Gasteiger partial charge on any atom is -0.370 e. The Hall–Kier alpha value is -1.51. The SMILES string of the molecule is CCNc1ccc(S(=O)(=O)NCc2ncc(C)s2)cn1. The Bertz CT molecular complexity index is 665. The van der Waals surface area contributed by atoms with Gasteiger partial charge in [-0.1, -0.05) is 0 Å². The first-order chi connectivity index (χ1) is 9.51. The second-order valence-corrected chi connectivity index (χ2v) is 7.18. The van der Waals surface area contributed by atoms with Crippen molar-refractivity contribution in [1.29, 1.82) is 0 Å². The molecule has 8 heteroatoms. The van der Waals surface area contributed by atoms with Crippen LogP contribution in [0.1, 0.15) is 16.8 Å². The van der Waals surface area contributed by atoms with Crippen LogP contribution in [0.3, 0.4) is 0 Å². The van der Waals surface area contributed by atoms with Crippen molar-refractivity contribution in [2.45, 2.75) is 25.3 Å². The number of hydrogen-bond acceptors (Lipinski definition) is 6. The van der Waals surface area contributed by atoms with Crippen LogP contribution in [-0.2, 0) is 16.6 Å². The van der Waals surface area contributed by atoms with Gasteiger partial charge in [-0.15, -0.1) is 11.3 Å². The summed E-state index contributed by atoms with van der Waals surface area (Å²) < 4.78 is 26.7. The van der Waals surface area contributed by atoms with Crippen LogP contribution in [0.5, 0.6) is 0 Å². The van der Waals surface area contributed by atoms with Gasteiger partial charge >= 0.3 is 0 Å². The van der Waals surface area contributed by atoms with E-state index < -0.39 is 10.0 Å². The molecule has 6 nitrogen and oxygen atoms in total. The third-order valence-electron chi connectivity index (χ3n) is 2.49. The lowest BCUT2D eigenvalue weighted by atomic mass is 10.4. The number of hydrogen-bond donors (Lipinski definition) is 2. The van der Waals surface area contributed by atoms with Crippen molar-refractivity contribution in [3.8, 4) is 0 Å². The number of nitrogens with zero attached hydrogens (tertiary/aromatic N) is 2. The maximum absolute atomic E-state index is 12.1. The molecule has 2 N–H and O–H groups in total. The van der Waals surface area contributed by atoms with Gasteiger partial charge in [0.15, 0.2) is 0 Å². The first kappa shape index (κ1) is 14.9. The number of anilines is 1. The highest BCUT2D eigenvalue weighted by Gasteiger charge is 2.14. The van der Waals surface area contributed by atoms with Gasteiger partial charge in [0, 0.05) is 23.8 Å². The van der Waals surface area contributed by atoms with E-state index in [0.29, 0.717) is 5.82 Å². The average Bonchev–Trinajstić information content (AvgIpc) is 2.84. The Morgan fingerprint density at radius 2 is 2.05 bits per heavy atom. The summed E-state index contributed by atoms with van der Waals surface area (Å²) in [4.78, 5) is 9.36. The minimum absolute atomic E-state index is 0.146. The van der Waals surface area contributed by atoms with Crippen molar-refractivity contribution >= 4 is 27.2 Å². The predicted molar refractivity (Wildman–Crippen MR) is 79.3 cm³/mol. The number of sulfonamides is 1. The Labute approximate surface area is 122 Å². The van der Waals surface area contributed by atoms with Gasteiger partial charge in [0.1, 0.15) is 15.7 Å². The predicted octanol–water partition coefficient (Wildman–Crippen LogP) is 1.76. The maximum Gasteiger partial charge on any atom is 0.242 e. The molecule has 2 heterocycles. The van der Waals surface area contributed by atoms with Crippen molar-refractivity contribution in [2.24, 2.45) is 0 Å². The molecule has 108 valence electrons. The van der Waals surface area contributed by atoms with Crippen LogP contribution in [0.15, 0.2) is 29.4 Å². The summed E-state index contributed by atoms with van der Waals surface area (Å²) in [7, 11) is -3.55. The lowest BCUT2D eigenvalue weighted by Gasteiger charge is -2.06. The molecule has 0 spiro atoms. The fourth-order valence-electron chi connectivity index (χ4n) is 1.55. The van der Waals surface area contributed by atoms with Gasteiger partial charge in [-0.3, -0.25) is 0 Å². The highest BCUT2D eigenvalue weighted by molar-refractivity contribution is 7.89. The summed E-state index contributed by atoms with van der Waals surface area (Å²) in [5.41, 5.74) is 0. The third kappa shape index (κ3) is 3.75. The summed E-state index contributed by atoms with van der Waals surface area (Å²) in [6, 6.07) is 3.17. The van der Waals surface area contributed by atoms with Gasteiger partial charge in [0.05, 0.1) is 6.54 Å². The second-order valence-electron chi connectivity index (χ2n) is 4.10. The maximum atomic E-state index is 12.1. The summed E-state index contributed by atoms with van der Waals surface area (Å²) in [5.74, 6) is 0.655. The fourth-order valence-corrected chi connectivity index (χ4v) is 3.30. The molecule has 2 aromatic rings. The number of thiazole rings is 1. The van der Waals surface area contributed by atoms with Crippen LogP contribution in [-0.4, -0.2) is 24.9 Å². The monoisotopic (exact) mass is 312 g/mol. The smallest absolute Gasteiger partial charge is 0.242 e. The van der Waals surface area contributed by atoms with E-state index in [1.165, 1.54) is 23.6 Å². The van der Waals surface area contributed by atoms with E-state index in [-0.39, 0.29) is 11.4 Å². The number of rotatable bonds is 6. The molecule has 0 saturated carbocycles. The van der Waals surface area contributed by atoms with Crippen LogP contribution < -0.4 is 10.0 Å². The van der Waals surface area contributed by atoms with Crippen LogP contribution in [0.2, 0.25) is 0 Å². The van der Waals surface area contributed by atoms with E-state index in [9.17, 15) is 8.42 Å². The fraction of sp³-hybridized carbons (Fsp3) is 0.333. The molecule has 2 aromatic heterocycles. The van der Waals surface area contributed by atoms with E-state index in [0.717, 1.165) is 16.4 Å². The van der Waals surface area contributed by atoms with Gasteiger partial charge < -0.3 is 5.32 Å². The molecular formula is C12H16N4O2S2. The molecule has 0 aromatic carbocycles. The average molecular weight is 312 g/mol. The second kappa shape index (κ2) is 6.29. The molecule has 0 radical (unpaired) electrons.